The molecule has 0 aromatic heterocycles. The predicted molar refractivity (Wildman–Crippen MR) is 63.3 cm³/mol. The van der Waals surface area contributed by atoms with Gasteiger partial charge in [-0.3, -0.25) is 4.79 Å². The van der Waals surface area contributed by atoms with Gasteiger partial charge in [0.1, 0.15) is 5.75 Å². The van der Waals surface area contributed by atoms with Crippen LogP contribution in [-0.4, -0.2) is 13.0 Å². The van der Waals surface area contributed by atoms with E-state index in [9.17, 15) is 4.79 Å². The van der Waals surface area contributed by atoms with E-state index in [-0.39, 0.29) is 11.8 Å². The van der Waals surface area contributed by atoms with Crippen molar-refractivity contribution >= 4 is 17.3 Å². The summed E-state index contributed by atoms with van der Waals surface area (Å²) < 4.78 is 5.16. The van der Waals surface area contributed by atoms with Crippen molar-refractivity contribution in [2.24, 2.45) is 11.8 Å². The van der Waals surface area contributed by atoms with Gasteiger partial charge in [-0.1, -0.05) is 6.92 Å². The van der Waals surface area contributed by atoms with E-state index >= 15 is 0 Å². The van der Waals surface area contributed by atoms with Crippen molar-refractivity contribution < 1.29 is 9.53 Å². The zero-order valence-corrected chi connectivity index (χ0v) is 9.49. The Labute approximate surface area is 94.8 Å². The van der Waals surface area contributed by atoms with Gasteiger partial charge in [0.05, 0.1) is 12.8 Å². The van der Waals surface area contributed by atoms with Crippen LogP contribution in [0.25, 0.3) is 0 Å². The number of carbonyl (C=O) groups excluding carboxylic acids is 1. The largest absolute Gasteiger partial charge is 0.494 e. The number of rotatable bonds is 3. The Hall–Kier alpha value is -1.71. The molecule has 1 aliphatic carbocycles. The number of amides is 1. The third-order valence-electron chi connectivity index (χ3n) is 2.93. The Kier molecular flexibility index (Phi) is 2.73. The molecule has 2 rings (SSSR count). The summed E-state index contributed by atoms with van der Waals surface area (Å²) in [4.78, 5) is 11.7. The highest BCUT2D eigenvalue weighted by atomic mass is 16.5. The monoisotopic (exact) mass is 220 g/mol. The maximum Gasteiger partial charge on any atom is 0.227 e. The van der Waals surface area contributed by atoms with E-state index in [1.165, 1.54) is 0 Å². The molecule has 16 heavy (non-hydrogen) atoms. The first-order chi connectivity index (χ1) is 7.61. The molecule has 1 saturated carbocycles. The normalized spacial score (nSPS) is 22.6. The molecule has 1 aliphatic rings. The molecule has 0 aliphatic heterocycles. The van der Waals surface area contributed by atoms with Gasteiger partial charge < -0.3 is 15.8 Å². The van der Waals surface area contributed by atoms with Gasteiger partial charge >= 0.3 is 0 Å². The Morgan fingerprint density at radius 2 is 2.25 bits per heavy atom. The van der Waals surface area contributed by atoms with Crippen LogP contribution in [0.15, 0.2) is 18.2 Å². The number of ether oxygens (including phenoxy) is 1. The second-order valence-electron chi connectivity index (χ2n) is 4.27. The Bertz CT molecular complexity index is 417. The summed E-state index contributed by atoms with van der Waals surface area (Å²) in [5, 5.41) is 2.86. The molecular formula is C12H16N2O2. The van der Waals surface area contributed by atoms with Gasteiger partial charge in [-0.15, -0.1) is 0 Å². The summed E-state index contributed by atoms with van der Waals surface area (Å²) in [6, 6.07) is 5.21. The van der Waals surface area contributed by atoms with Crippen LogP contribution < -0.4 is 15.8 Å². The highest BCUT2D eigenvalue weighted by Crippen LogP contribution is 2.39. The topological polar surface area (TPSA) is 64.3 Å². The number of methoxy groups -OCH3 is 1. The Morgan fingerprint density at radius 1 is 1.56 bits per heavy atom. The predicted octanol–water partition coefficient (Wildman–Crippen LogP) is 1.87. The number of benzene rings is 1. The van der Waals surface area contributed by atoms with Gasteiger partial charge in [0, 0.05) is 17.7 Å². The first-order valence-corrected chi connectivity index (χ1v) is 5.36. The highest BCUT2D eigenvalue weighted by molar-refractivity contribution is 5.95. The van der Waals surface area contributed by atoms with E-state index in [4.69, 9.17) is 10.5 Å². The second-order valence-corrected chi connectivity index (χ2v) is 4.27. The van der Waals surface area contributed by atoms with Crippen molar-refractivity contribution in [2.75, 3.05) is 18.2 Å². The lowest BCUT2D eigenvalue weighted by Crippen LogP contribution is -2.15. The maximum absolute atomic E-state index is 11.7. The number of nitrogen functional groups attached to an aromatic ring is 1. The maximum atomic E-state index is 11.7. The summed E-state index contributed by atoms with van der Waals surface area (Å²) in [6.07, 6.45) is 0.975. The summed E-state index contributed by atoms with van der Waals surface area (Å²) in [5.41, 5.74) is 6.94. The van der Waals surface area contributed by atoms with E-state index < -0.39 is 0 Å². The van der Waals surface area contributed by atoms with E-state index in [2.05, 4.69) is 12.2 Å². The number of anilines is 2. The first-order valence-electron chi connectivity index (χ1n) is 5.36. The van der Waals surface area contributed by atoms with Crippen LogP contribution in [0.4, 0.5) is 11.4 Å². The van der Waals surface area contributed by atoms with Crippen molar-refractivity contribution in [1.29, 1.82) is 0 Å². The average molecular weight is 220 g/mol. The molecule has 0 radical (unpaired) electrons. The average Bonchev–Trinajstić information content (AvgIpc) is 2.98. The molecule has 1 aromatic rings. The minimum atomic E-state index is 0.0653. The molecule has 1 aromatic carbocycles. The van der Waals surface area contributed by atoms with E-state index in [0.29, 0.717) is 23.0 Å². The molecule has 4 nitrogen and oxygen atoms in total. The molecule has 0 spiro atoms. The minimum absolute atomic E-state index is 0.0653. The van der Waals surface area contributed by atoms with Gasteiger partial charge in [0.25, 0.3) is 0 Å². The molecule has 2 unspecified atom stereocenters. The lowest BCUT2D eigenvalue weighted by atomic mass is 10.2. The molecule has 1 amide bonds. The van der Waals surface area contributed by atoms with Crippen molar-refractivity contribution in [2.45, 2.75) is 13.3 Å². The number of carbonyl (C=O) groups is 1. The second kappa shape index (κ2) is 4.04. The van der Waals surface area contributed by atoms with Crippen LogP contribution >= 0.6 is 0 Å². The smallest absolute Gasteiger partial charge is 0.227 e. The van der Waals surface area contributed by atoms with Crippen molar-refractivity contribution in [3.05, 3.63) is 18.2 Å². The lowest BCUT2D eigenvalue weighted by Gasteiger charge is -2.10. The van der Waals surface area contributed by atoms with Crippen LogP contribution in [0.3, 0.4) is 0 Å². The van der Waals surface area contributed by atoms with Gasteiger partial charge in [-0.05, 0) is 24.5 Å². The van der Waals surface area contributed by atoms with Crippen molar-refractivity contribution in [1.82, 2.24) is 0 Å². The van der Waals surface area contributed by atoms with Crippen molar-refractivity contribution in [3.8, 4) is 5.75 Å². The standard InChI is InChI=1S/C12H16N2O2/c1-7-5-9(7)12(15)14-10-4-3-8(13)6-11(10)16-2/h3-4,6-7,9H,5,13H2,1-2H3,(H,14,15). The summed E-state index contributed by atoms with van der Waals surface area (Å²) in [6.45, 7) is 2.07. The molecule has 0 bridgehead atoms. The number of hydrogen-bond donors (Lipinski definition) is 2. The van der Waals surface area contributed by atoms with Crippen LogP contribution in [-0.2, 0) is 4.79 Å². The van der Waals surface area contributed by atoms with Crippen LogP contribution in [0, 0.1) is 11.8 Å². The van der Waals surface area contributed by atoms with Gasteiger partial charge in [-0.2, -0.15) is 0 Å². The van der Waals surface area contributed by atoms with Gasteiger partial charge in [0.15, 0.2) is 0 Å². The molecule has 1 fully saturated rings. The van der Waals surface area contributed by atoms with E-state index in [0.717, 1.165) is 6.42 Å². The lowest BCUT2D eigenvalue weighted by molar-refractivity contribution is -0.117. The third kappa shape index (κ3) is 2.10. The first kappa shape index (κ1) is 10.8. The Morgan fingerprint density at radius 3 is 2.81 bits per heavy atom. The SMILES string of the molecule is COc1cc(N)ccc1NC(=O)C1CC1C. The minimum Gasteiger partial charge on any atom is -0.494 e. The van der Waals surface area contributed by atoms with Crippen LogP contribution in [0.1, 0.15) is 13.3 Å². The molecule has 0 heterocycles. The number of nitrogens with one attached hydrogen (secondary N) is 1. The zero-order chi connectivity index (χ0) is 11.7. The molecule has 2 atom stereocenters. The van der Waals surface area contributed by atoms with Crippen LogP contribution in [0.5, 0.6) is 5.75 Å². The fourth-order valence-electron chi connectivity index (χ4n) is 1.72. The summed E-state index contributed by atoms with van der Waals surface area (Å²) >= 11 is 0. The fraction of sp³-hybridized carbons (Fsp3) is 0.417. The quantitative estimate of drug-likeness (QED) is 0.764. The van der Waals surface area contributed by atoms with Gasteiger partial charge in [0.2, 0.25) is 5.91 Å². The molecule has 0 saturated heterocycles. The van der Waals surface area contributed by atoms with E-state index in [1.807, 2.05) is 0 Å². The molecule has 86 valence electrons. The highest BCUT2D eigenvalue weighted by Gasteiger charge is 2.39. The van der Waals surface area contributed by atoms with Crippen LogP contribution in [0.2, 0.25) is 0 Å². The molecule has 4 heteroatoms. The number of nitrogens with two attached hydrogens (primary N) is 1. The Balaban J connectivity index is 2.11. The number of hydrogen-bond acceptors (Lipinski definition) is 3. The summed E-state index contributed by atoms with van der Waals surface area (Å²) in [7, 11) is 1.56. The fourth-order valence-corrected chi connectivity index (χ4v) is 1.72. The zero-order valence-electron chi connectivity index (χ0n) is 9.49. The summed E-state index contributed by atoms with van der Waals surface area (Å²) in [5.74, 6) is 1.32. The van der Waals surface area contributed by atoms with E-state index in [1.54, 1.807) is 25.3 Å². The molecular weight excluding hydrogens is 204 g/mol. The third-order valence-corrected chi connectivity index (χ3v) is 2.93. The molecule has 3 N–H and O–H groups in total. The van der Waals surface area contributed by atoms with Crippen molar-refractivity contribution in [3.63, 3.8) is 0 Å². The van der Waals surface area contributed by atoms with Gasteiger partial charge in [-0.25, -0.2) is 0 Å².